The van der Waals surface area contributed by atoms with Crippen molar-refractivity contribution >= 4 is 0 Å². The second kappa shape index (κ2) is 88.2. The van der Waals surface area contributed by atoms with Crippen molar-refractivity contribution in [3.8, 4) is 0 Å². The highest BCUT2D eigenvalue weighted by Crippen LogP contribution is 2.62. The Bertz CT molecular complexity index is 1440. The number of rotatable bonds is 94. The Hall–Kier alpha value is 0. The summed E-state index contributed by atoms with van der Waals surface area (Å²) in [5.41, 5.74) is 1.02. The molecule has 0 N–H and O–H groups in total. The van der Waals surface area contributed by atoms with Gasteiger partial charge in [0, 0.05) is 0 Å². The molecule has 0 fully saturated rings. The molecule has 0 saturated carbocycles. The second-order valence-corrected chi connectivity index (χ2v) is 36.0. The van der Waals surface area contributed by atoms with E-state index in [-0.39, 0.29) is 0 Å². The third-order valence-corrected chi connectivity index (χ3v) is 26.4. The van der Waals surface area contributed by atoms with E-state index in [1.165, 1.54) is 546 Å². The summed E-state index contributed by atoms with van der Waals surface area (Å²) in [4.78, 5) is 0. The average molecular weight is 1430 g/mol. The van der Waals surface area contributed by atoms with Crippen LogP contribution in [0.4, 0.5) is 0 Å². The second-order valence-electron chi connectivity index (χ2n) is 36.0. The third-order valence-electron chi connectivity index (χ3n) is 26.4. The molecule has 0 heterocycles. The van der Waals surface area contributed by atoms with E-state index in [9.17, 15) is 0 Å². The zero-order chi connectivity index (χ0) is 73.6. The molecule has 0 aromatic rings. The standard InChI is InChI=1S/C102H206/c1-8-15-22-29-35-41-47-52-55-57-61-66-71-77-83-90-97-101(95-88-81-75-69-64-59-50-44-38-32-25-18-11-4,96-89-82-76-70-65-60-54-49-43-37-31-24-17-10-3)102(98-91-84-78-72-63-46-40-34-27-20-13-6,99-92-85-79-73-67-51-45-39-33-26-19-12-5)100(93-86-28-21-14-7)94-87-80-74-68-62-58-56-53-48-42-36-30-23-16-9-2/h100H,8-99H2,1-7H3. The minimum atomic E-state index is 0.510. The van der Waals surface area contributed by atoms with Crippen LogP contribution in [0.2, 0.25) is 0 Å². The van der Waals surface area contributed by atoms with Crippen molar-refractivity contribution in [3.05, 3.63) is 0 Å². The van der Waals surface area contributed by atoms with Gasteiger partial charge in [0.05, 0.1) is 0 Å². The normalized spacial score (nSPS) is 13.4. The number of hydrogen-bond donors (Lipinski definition) is 0. The summed E-state index contributed by atoms with van der Waals surface area (Å²) in [6.45, 7) is 16.7. The van der Waals surface area contributed by atoms with E-state index in [1.807, 2.05) is 0 Å². The molecule has 3 atom stereocenters. The molecule has 0 nitrogen and oxygen atoms in total. The summed E-state index contributed by atoms with van der Waals surface area (Å²) < 4.78 is 0. The Morgan fingerprint density at radius 1 is 0.118 bits per heavy atom. The topological polar surface area (TPSA) is 0 Å². The first-order valence-corrected chi connectivity index (χ1v) is 50.6. The molecule has 0 spiro atoms. The Morgan fingerprint density at radius 2 is 0.225 bits per heavy atom. The SMILES string of the molecule is CCCCCCCCCCCCCCCCCCC(CCCCCCCCCCCCCCC)(CCCCCCCCCCCCCCCC)C(CCCCCCCCCCCCC)(CCCCCCCCCCCCCC)C(CCCCCC)CCCCCCCCCCCCCCCCC. The first-order valence-electron chi connectivity index (χ1n) is 50.6. The lowest BCUT2D eigenvalue weighted by Crippen LogP contribution is -2.48. The average Bonchev–Trinajstić information content (AvgIpc) is 0.751. The van der Waals surface area contributed by atoms with Gasteiger partial charge in [-0.3, -0.25) is 0 Å². The molecule has 0 aromatic carbocycles. The van der Waals surface area contributed by atoms with Crippen LogP contribution in [0.25, 0.3) is 0 Å². The summed E-state index contributed by atoms with van der Waals surface area (Å²) in [6.07, 6.45) is 137. The van der Waals surface area contributed by atoms with E-state index < -0.39 is 0 Å². The van der Waals surface area contributed by atoms with Gasteiger partial charge in [-0.1, -0.05) is 594 Å². The molecule has 0 heteroatoms. The maximum absolute atomic E-state index is 2.49. The van der Waals surface area contributed by atoms with Gasteiger partial charge in [0.2, 0.25) is 0 Å². The predicted octanol–water partition coefficient (Wildman–Crippen LogP) is 39.6. The summed E-state index contributed by atoms with van der Waals surface area (Å²) >= 11 is 0. The van der Waals surface area contributed by atoms with Gasteiger partial charge in [0.1, 0.15) is 0 Å². The largest absolute Gasteiger partial charge is 0.0654 e. The van der Waals surface area contributed by atoms with Crippen molar-refractivity contribution < 1.29 is 0 Å². The zero-order valence-electron chi connectivity index (χ0n) is 73.6. The summed E-state index contributed by atoms with van der Waals surface area (Å²) in [7, 11) is 0. The Morgan fingerprint density at radius 3 is 0.373 bits per heavy atom. The molecule has 0 aliphatic carbocycles. The molecular formula is C102H206. The van der Waals surface area contributed by atoms with Gasteiger partial charge in [0.25, 0.3) is 0 Å². The van der Waals surface area contributed by atoms with Crippen molar-refractivity contribution in [1.82, 2.24) is 0 Å². The summed E-state index contributed by atoms with van der Waals surface area (Å²) in [5.74, 6) is 0.932. The van der Waals surface area contributed by atoms with Crippen LogP contribution < -0.4 is 0 Å². The highest BCUT2D eigenvalue weighted by atomic mass is 14.6. The minimum Gasteiger partial charge on any atom is -0.0654 e. The molecule has 0 aliphatic rings. The first-order chi connectivity index (χ1) is 50.6. The lowest BCUT2D eigenvalue weighted by atomic mass is 9.47. The Kier molecular flexibility index (Phi) is 88.2. The van der Waals surface area contributed by atoms with E-state index in [2.05, 4.69) is 48.5 Å². The fourth-order valence-electron chi connectivity index (χ4n) is 19.4. The lowest BCUT2D eigenvalue weighted by molar-refractivity contribution is -0.0763. The van der Waals surface area contributed by atoms with Crippen LogP contribution in [-0.4, -0.2) is 0 Å². The van der Waals surface area contributed by atoms with E-state index >= 15 is 0 Å². The van der Waals surface area contributed by atoms with Crippen LogP contribution in [0.1, 0.15) is 639 Å². The van der Waals surface area contributed by atoms with Crippen molar-refractivity contribution in [1.29, 1.82) is 0 Å². The van der Waals surface area contributed by atoms with Crippen LogP contribution in [0.3, 0.4) is 0 Å². The molecule has 0 saturated heterocycles. The first kappa shape index (κ1) is 102. The molecule has 3 unspecified atom stereocenters. The smallest absolute Gasteiger partial charge is 0.0213 e. The van der Waals surface area contributed by atoms with E-state index in [0.29, 0.717) is 10.8 Å². The van der Waals surface area contributed by atoms with Crippen LogP contribution in [-0.2, 0) is 0 Å². The molecule has 614 valence electrons. The molecule has 0 aliphatic heterocycles. The monoisotopic (exact) mass is 1430 g/mol. The van der Waals surface area contributed by atoms with Gasteiger partial charge in [-0.15, -0.1) is 0 Å². The highest BCUT2D eigenvalue weighted by Gasteiger charge is 2.52. The van der Waals surface area contributed by atoms with Crippen LogP contribution in [0.15, 0.2) is 0 Å². The molecule has 0 rings (SSSR count). The fourth-order valence-corrected chi connectivity index (χ4v) is 19.4. The zero-order valence-corrected chi connectivity index (χ0v) is 73.6. The predicted molar refractivity (Wildman–Crippen MR) is 473 cm³/mol. The van der Waals surface area contributed by atoms with Gasteiger partial charge in [-0.2, -0.15) is 0 Å². The van der Waals surface area contributed by atoms with Crippen LogP contribution in [0.5, 0.6) is 0 Å². The maximum atomic E-state index is 2.49. The van der Waals surface area contributed by atoms with Gasteiger partial charge in [-0.05, 0) is 61.7 Å². The Labute approximate surface area is 652 Å². The van der Waals surface area contributed by atoms with Crippen molar-refractivity contribution in [2.24, 2.45) is 16.7 Å². The van der Waals surface area contributed by atoms with Crippen molar-refractivity contribution in [3.63, 3.8) is 0 Å². The van der Waals surface area contributed by atoms with E-state index in [1.54, 1.807) is 44.9 Å². The van der Waals surface area contributed by atoms with Crippen LogP contribution in [0, 0.1) is 16.7 Å². The third kappa shape index (κ3) is 69.2. The van der Waals surface area contributed by atoms with Gasteiger partial charge < -0.3 is 0 Å². The molecule has 0 aromatic heterocycles. The number of unbranched alkanes of at least 4 members (excludes halogenated alkanes) is 78. The molecule has 0 bridgehead atoms. The molecule has 0 amide bonds. The molecule has 102 heavy (non-hydrogen) atoms. The number of hydrogen-bond acceptors (Lipinski definition) is 0. The van der Waals surface area contributed by atoms with Crippen LogP contribution >= 0.6 is 0 Å². The summed E-state index contributed by atoms with van der Waals surface area (Å²) in [5, 5.41) is 0. The van der Waals surface area contributed by atoms with Gasteiger partial charge in [0.15, 0.2) is 0 Å². The van der Waals surface area contributed by atoms with E-state index in [0.717, 1.165) is 5.92 Å². The Balaban J connectivity index is 7.43. The fraction of sp³-hybridized carbons (Fsp3) is 1.00. The maximum Gasteiger partial charge on any atom is -0.0213 e. The quantitative estimate of drug-likeness (QED) is 0.0533. The minimum absolute atomic E-state index is 0.510. The molecular weight excluding hydrogens is 1230 g/mol. The lowest BCUT2D eigenvalue weighted by Gasteiger charge is -2.57. The van der Waals surface area contributed by atoms with E-state index in [4.69, 9.17) is 0 Å². The van der Waals surface area contributed by atoms with Gasteiger partial charge in [-0.25, -0.2) is 0 Å². The van der Waals surface area contributed by atoms with Crippen molar-refractivity contribution in [2.45, 2.75) is 639 Å². The summed E-state index contributed by atoms with van der Waals surface area (Å²) in [6, 6.07) is 0. The van der Waals surface area contributed by atoms with Gasteiger partial charge >= 0.3 is 0 Å². The molecule has 0 radical (unpaired) electrons. The highest BCUT2D eigenvalue weighted by molar-refractivity contribution is 5.02. The van der Waals surface area contributed by atoms with Crippen molar-refractivity contribution in [2.75, 3.05) is 0 Å².